The van der Waals surface area contributed by atoms with E-state index in [-0.39, 0.29) is 85.8 Å². The van der Waals surface area contributed by atoms with E-state index in [1.54, 1.807) is 13.0 Å². The molecule has 6 N–H and O–H groups in total. The Morgan fingerprint density at radius 3 is 1.90 bits per heavy atom. The first-order valence-electron chi connectivity index (χ1n) is 28.2. The number of benzene rings is 1. The Morgan fingerprint density at radius 2 is 1.43 bits per heavy atom. The molecule has 466 valence electrons. The SMILES string of the molecule is CC(=O)N1Cc2cccc(C(C)(C)CC(C)C)c2C1.CCN1CCN(C(=O)O)CCN(C(=O)O)CCN(C(=O)O)CC1.N#CC1CC(F)(F)CN1C(=O)C1CCC(=O)N1.O=CNC(CCCCNC(=O)CCCCN1C(=O)C=CC1=O)C(=O)S. The van der Waals surface area contributed by atoms with Crippen molar-refractivity contribution in [2.45, 2.75) is 148 Å². The quantitative estimate of drug-likeness (QED) is 0.0471. The first-order chi connectivity index (χ1) is 39.5. The molecule has 5 aliphatic heterocycles. The van der Waals surface area contributed by atoms with Crippen LogP contribution in [0.3, 0.4) is 0 Å². The normalized spacial score (nSPS) is 19.2. The second-order valence-corrected chi connectivity index (χ2v) is 22.5. The van der Waals surface area contributed by atoms with Crippen LogP contribution >= 0.6 is 12.6 Å². The van der Waals surface area contributed by atoms with E-state index in [0.717, 1.165) is 27.8 Å². The van der Waals surface area contributed by atoms with Gasteiger partial charge in [0.15, 0.2) is 0 Å². The summed E-state index contributed by atoms with van der Waals surface area (Å²) in [5.41, 5.74) is 4.29. The average Bonchev–Trinajstić information content (AvgIpc) is 2.36. The van der Waals surface area contributed by atoms with Gasteiger partial charge in [0.05, 0.1) is 18.7 Å². The van der Waals surface area contributed by atoms with E-state index < -0.39 is 61.2 Å². The Balaban J connectivity index is 0.000000296. The molecule has 28 heteroatoms. The van der Waals surface area contributed by atoms with Crippen molar-refractivity contribution in [3.8, 4) is 6.07 Å². The molecule has 0 bridgehead atoms. The topological polar surface area (TPSA) is 331 Å². The highest BCUT2D eigenvalue weighted by molar-refractivity contribution is 7.96. The Kier molecular flexibility index (Phi) is 29.0. The minimum absolute atomic E-state index is 0.0151. The molecule has 84 heavy (non-hydrogen) atoms. The van der Waals surface area contributed by atoms with Gasteiger partial charge in [-0.25, -0.2) is 23.2 Å². The second-order valence-electron chi connectivity index (χ2n) is 22.0. The van der Waals surface area contributed by atoms with Gasteiger partial charge in [-0.3, -0.25) is 43.3 Å². The third-order valence-electron chi connectivity index (χ3n) is 14.7. The van der Waals surface area contributed by atoms with Gasteiger partial charge < -0.3 is 60.7 Å². The molecule has 3 saturated heterocycles. The fourth-order valence-corrected chi connectivity index (χ4v) is 10.5. The van der Waals surface area contributed by atoms with Crippen LogP contribution in [0.5, 0.6) is 0 Å². The van der Waals surface area contributed by atoms with Gasteiger partial charge >= 0.3 is 18.3 Å². The predicted octanol–water partition coefficient (Wildman–Crippen LogP) is 4.10. The van der Waals surface area contributed by atoms with Crippen LogP contribution in [0.2, 0.25) is 0 Å². The van der Waals surface area contributed by atoms with E-state index in [1.165, 1.54) is 45.1 Å². The number of alkyl halides is 2. The van der Waals surface area contributed by atoms with Crippen LogP contribution in [-0.2, 0) is 56.9 Å². The number of halogens is 2. The molecule has 0 saturated carbocycles. The van der Waals surface area contributed by atoms with E-state index in [0.29, 0.717) is 90.0 Å². The maximum Gasteiger partial charge on any atom is 0.407 e. The lowest BCUT2D eigenvalue weighted by atomic mass is 9.75. The van der Waals surface area contributed by atoms with Crippen LogP contribution in [-0.4, -0.2) is 217 Å². The lowest BCUT2D eigenvalue weighted by Gasteiger charge is -2.31. The van der Waals surface area contributed by atoms with Crippen molar-refractivity contribution in [3.63, 3.8) is 0 Å². The zero-order valence-electron chi connectivity index (χ0n) is 48.9. The van der Waals surface area contributed by atoms with E-state index in [4.69, 9.17) is 10.4 Å². The fourth-order valence-electron chi connectivity index (χ4n) is 10.3. The molecule has 25 nitrogen and oxygen atoms in total. The molecular formula is C56H83F2N11O14S. The monoisotopic (exact) mass is 1200 g/mol. The van der Waals surface area contributed by atoms with Crippen molar-refractivity contribution in [2.75, 3.05) is 78.5 Å². The van der Waals surface area contributed by atoms with Gasteiger partial charge in [0.1, 0.15) is 12.1 Å². The molecule has 6 rings (SSSR count). The number of imide groups is 1. The zero-order valence-corrected chi connectivity index (χ0v) is 49.8. The fraction of sp³-hybridized carbons (Fsp3) is 0.643. The molecule has 5 aliphatic rings. The second kappa shape index (κ2) is 34.4. The van der Waals surface area contributed by atoms with Crippen molar-refractivity contribution in [1.82, 2.24) is 50.2 Å². The van der Waals surface area contributed by atoms with Crippen LogP contribution in [0.1, 0.15) is 122 Å². The summed E-state index contributed by atoms with van der Waals surface area (Å²) in [6, 6.07) is 5.78. The number of thiol groups is 1. The number of hydrogen-bond acceptors (Lipinski definition) is 13. The van der Waals surface area contributed by atoms with E-state index >= 15 is 0 Å². The summed E-state index contributed by atoms with van der Waals surface area (Å²) in [5, 5.41) is 43.5. The maximum absolute atomic E-state index is 13.1. The third-order valence-corrected chi connectivity index (χ3v) is 15.0. The molecule has 5 heterocycles. The van der Waals surface area contributed by atoms with Crippen molar-refractivity contribution in [2.24, 2.45) is 5.92 Å². The third kappa shape index (κ3) is 23.3. The number of nitrogens with one attached hydrogen (secondary N) is 3. The van der Waals surface area contributed by atoms with Crippen molar-refractivity contribution in [1.29, 1.82) is 5.26 Å². The first kappa shape index (κ1) is 70.9. The molecule has 0 aromatic heterocycles. The van der Waals surface area contributed by atoms with E-state index in [9.17, 15) is 71.7 Å². The number of nitriles is 1. The van der Waals surface area contributed by atoms with Gasteiger partial charge in [-0.15, -0.1) is 12.6 Å². The highest BCUT2D eigenvalue weighted by Crippen LogP contribution is 2.37. The van der Waals surface area contributed by atoms with Gasteiger partial charge in [0, 0.05) is 117 Å². The number of hydrogen-bond donors (Lipinski definition) is 7. The van der Waals surface area contributed by atoms with Crippen LogP contribution in [0.4, 0.5) is 23.2 Å². The Labute approximate surface area is 494 Å². The summed E-state index contributed by atoms with van der Waals surface area (Å²) in [5.74, 6) is -3.72. The smallest absolute Gasteiger partial charge is 0.407 e. The maximum atomic E-state index is 13.1. The summed E-state index contributed by atoms with van der Waals surface area (Å²) in [6.07, 6.45) is 3.98. The number of rotatable bonds is 18. The minimum atomic E-state index is -3.02. The highest BCUT2D eigenvalue weighted by atomic mass is 32.1. The van der Waals surface area contributed by atoms with Gasteiger partial charge in [0.2, 0.25) is 35.2 Å². The number of likely N-dealkylation sites (tertiary alicyclic amines) is 1. The molecule has 0 aliphatic carbocycles. The first-order valence-corrected chi connectivity index (χ1v) is 28.6. The highest BCUT2D eigenvalue weighted by Gasteiger charge is 2.49. The minimum Gasteiger partial charge on any atom is -0.465 e. The number of carbonyl (C=O) groups is 11. The van der Waals surface area contributed by atoms with Gasteiger partial charge in [-0.1, -0.05) is 52.8 Å². The molecule has 3 fully saturated rings. The van der Waals surface area contributed by atoms with Crippen LogP contribution in [0, 0.1) is 17.2 Å². The molecule has 0 radical (unpaired) electrons. The van der Waals surface area contributed by atoms with Crippen molar-refractivity contribution in [3.05, 3.63) is 47.0 Å². The summed E-state index contributed by atoms with van der Waals surface area (Å²) in [4.78, 5) is 133. The number of likely N-dealkylation sites (N-methyl/N-ethyl adjacent to an activating group) is 1. The average molecular weight is 1200 g/mol. The van der Waals surface area contributed by atoms with Crippen LogP contribution in [0.15, 0.2) is 30.4 Å². The number of carboxylic acid groups (broad SMARTS) is 3. The van der Waals surface area contributed by atoms with Gasteiger partial charge in [-0.05, 0) is 79.5 Å². The molecule has 3 atom stereocenters. The number of carbonyl (C=O) groups excluding carboxylic acids is 8. The summed E-state index contributed by atoms with van der Waals surface area (Å²) in [7, 11) is 0. The summed E-state index contributed by atoms with van der Waals surface area (Å²) < 4.78 is 26.2. The molecule has 3 unspecified atom stereocenters. The lowest BCUT2D eigenvalue weighted by Crippen LogP contribution is -2.48. The standard InChI is InChI=1S/C17H25NO.C16H23N3O5S.C13H24N4O6.C10H11F2N3O2/c1-12(2)9-17(4,5)16-8-6-7-14-10-18(13(3)19)11-15(14)16;20-11-18-12(16(24)25)5-1-3-9-17-13(21)6-2-4-10-19-14(22)7-8-15(19)23;1-2-14-3-5-15(11(18)19)7-9-17(13(22)23)10-8-16(6-4-14)12(20)21;11-10(12)3-6(4-13)15(5-10)9(17)7-1-2-8(16)14-7/h6-8,12H,9-11H2,1-5H3;7-8,11-12H,1-6,9-10H2,(H,17,21)(H,18,20)(H,24,25);2-10H2,1H3,(H,18,19)(H,20,21)(H,22,23);6-7H,1-3,5H2,(H,14,16). The van der Waals surface area contributed by atoms with Gasteiger partial charge in [-0.2, -0.15) is 5.26 Å². The summed E-state index contributed by atoms with van der Waals surface area (Å²) in [6.45, 7) is 16.7. The number of unbranched alkanes of at least 4 members (excludes halogenated alkanes) is 2. The van der Waals surface area contributed by atoms with E-state index in [2.05, 4.69) is 74.5 Å². The Bertz CT molecular complexity index is 2520. The number of fused-ring (bicyclic) bond motifs is 1. The van der Waals surface area contributed by atoms with Crippen LogP contribution < -0.4 is 16.0 Å². The summed E-state index contributed by atoms with van der Waals surface area (Å²) >= 11 is 3.70. The lowest BCUT2D eigenvalue weighted by molar-refractivity contribution is -0.137. The van der Waals surface area contributed by atoms with Crippen molar-refractivity contribution >= 4 is 77.9 Å². The molecule has 1 aromatic rings. The van der Waals surface area contributed by atoms with Crippen LogP contribution in [0.25, 0.3) is 0 Å². The zero-order chi connectivity index (χ0) is 62.9. The molecule has 10 amide bonds. The number of amides is 10. The molecular weight excluding hydrogens is 1120 g/mol. The molecule has 0 spiro atoms. The molecule has 1 aromatic carbocycles. The Hall–Kier alpha value is -7.41. The van der Waals surface area contributed by atoms with Crippen molar-refractivity contribution < 1.29 is 76.8 Å². The number of nitrogens with zero attached hydrogens (tertiary/aromatic N) is 8. The van der Waals surface area contributed by atoms with E-state index in [1.807, 2.05) is 16.7 Å². The predicted molar refractivity (Wildman–Crippen MR) is 305 cm³/mol. The Morgan fingerprint density at radius 1 is 0.857 bits per heavy atom. The van der Waals surface area contributed by atoms with Gasteiger partial charge in [0.25, 0.3) is 17.7 Å². The largest absolute Gasteiger partial charge is 0.465 e.